The Labute approximate surface area is 121 Å². The molecular weight excluding hydrogens is 332 g/mol. The fraction of sp³-hybridized carbons (Fsp3) is 0.583. The lowest BCUT2D eigenvalue weighted by Gasteiger charge is -2.32. The first kappa shape index (κ1) is 14.7. The number of hydrogen-bond donors (Lipinski definition) is 2. The van der Waals surface area contributed by atoms with Gasteiger partial charge in [0.05, 0.1) is 17.1 Å². The molecule has 0 unspecified atom stereocenters. The molecule has 2 heterocycles. The van der Waals surface area contributed by atoms with E-state index in [4.69, 9.17) is 0 Å². The van der Waals surface area contributed by atoms with Gasteiger partial charge in [0.15, 0.2) is 9.84 Å². The Bertz CT molecular complexity index is 560. The van der Waals surface area contributed by atoms with E-state index in [0.29, 0.717) is 12.4 Å². The molecule has 0 atom stereocenters. The van der Waals surface area contributed by atoms with Gasteiger partial charge in [-0.25, -0.2) is 13.4 Å². The van der Waals surface area contributed by atoms with Gasteiger partial charge in [0.2, 0.25) is 0 Å². The van der Waals surface area contributed by atoms with Gasteiger partial charge in [-0.05, 0) is 47.3 Å². The maximum absolute atomic E-state index is 11.3. The van der Waals surface area contributed by atoms with Crippen molar-refractivity contribution in [2.24, 2.45) is 0 Å². The minimum absolute atomic E-state index is 0.0535. The molecular formula is C12H17BrN2O3S. The van der Waals surface area contributed by atoms with Crippen LogP contribution < -0.4 is 5.32 Å². The topological polar surface area (TPSA) is 79.3 Å². The summed E-state index contributed by atoms with van der Waals surface area (Å²) < 4.78 is 23.6. The Hall–Kier alpha value is -0.660. The van der Waals surface area contributed by atoms with Crippen molar-refractivity contribution in [3.63, 3.8) is 0 Å². The van der Waals surface area contributed by atoms with Crippen molar-refractivity contribution in [3.8, 4) is 0 Å². The van der Waals surface area contributed by atoms with Crippen molar-refractivity contribution < 1.29 is 13.5 Å². The van der Waals surface area contributed by atoms with E-state index in [1.54, 1.807) is 6.20 Å². The molecule has 5 nitrogen and oxygen atoms in total. The molecule has 106 valence electrons. The molecule has 0 aromatic carbocycles. The number of aromatic nitrogens is 1. The first-order valence-electron chi connectivity index (χ1n) is 6.09. The predicted octanol–water partition coefficient (Wildman–Crippen LogP) is 1.50. The van der Waals surface area contributed by atoms with Crippen molar-refractivity contribution in [1.82, 2.24) is 4.98 Å². The molecule has 0 spiro atoms. The molecule has 1 aliphatic rings. The van der Waals surface area contributed by atoms with Crippen molar-refractivity contribution in [2.45, 2.75) is 25.4 Å². The zero-order valence-electron chi connectivity index (χ0n) is 10.7. The Morgan fingerprint density at radius 3 is 2.68 bits per heavy atom. The zero-order chi connectivity index (χ0) is 14.1. The monoisotopic (exact) mass is 348 g/mol. The lowest BCUT2D eigenvalue weighted by molar-refractivity contribution is 0.0435. The van der Waals surface area contributed by atoms with Crippen molar-refractivity contribution >= 4 is 31.6 Å². The molecule has 19 heavy (non-hydrogen) atoms. The fourth-order valence-electron chi connectivity index (χ4n) is 1.99. The summed E-state index contributed by atoms with van der Waals surface area (Å²) in [5, 5.41) is 13.4. The van der Waals surface area contributed by atoms with Crippen LogP contribution in [0.4, 0.5) is 5.82 Å². The summed E-state index contributed by atoms with van der Waals surface area (Å²) >= 11 is 3.37. The Balaban J connectivity index is 1.96. The second-order valence-corrected chi connectivity index (χ2v) is 8.21. The molecule has 7 heteroatoms. The average molecular weight is 349 g/mol. The largest absolute Gasteiger partial charge is 0.388 e. The SMILES string of the molecule is Cc1cc(NCC2(O)CCS(=O)(=O)CC2)ncc1Br. The normalized spacial score (nSPS) is 21.0. The van der Waals surface area contributed by atoms with Gasteiger partial charge in [-0.1, -0.05) is 0 Å². The third-order valence-corrected chi connectivity index (χ3v) is 5.88. The van der Waals surface area contributed by atoms with E-state index in [1.165, 1.54) is 0 Å². The summed E-state index contributed by atoms with van der Waals surface area (Å²) in [4.78, 5) is 4.20. The molecule has 2 N–H and O–H groups in total. The summed E-state index contributed by atoms with van der Waals surface area (Å²) in [6, 6.07) is 1.88. The van der Waals surface area contributed by atoms with E-state index in [0.717, 1.165) is 10.0 Å². The third-order valence-electron chi connectivity index (χ3n) is 3.40. The van der Waals surface area contributed by atoms with Crippen LogP contribution in [0.3, 0.4) is 0 Å². The highest BCUT2D eigenvalue weighted by Crippen LogP contribution is 2.24. The standard InChI is InChI=1S/C12H17BrN2O3S/c1-9-6-11(14-7-10(9)13)15-8-12(16)2-4-19(17,18)5-3-12/h6-7,16H,2-5,8H2,1H3,(H,14,15). The van der Waals surface area contributed by atoms with Crippen LogP contribution in [0.2, 0.25) is 0 Å². The van der Waals surface area contributed by atoms with E-state index >= 15 is 0 Å². The van der Waals surface area contributed by atoms with Crippen molar-refractivity contribution in [2.75, 3.05) is 23.4 Å². The summed E-state index contributed by atoms with van der Waals surface area (Å²) in [6.45, 7) is 2.27. The van der Waals surface area contributed by atoms with Crippen molar-refractivity contribution in [1.29, 1.82) is 0 Å². The lowest BCUT2D eigenvalue weighted by Crippen LogP contribution is -2.44. The molecule has 0 bridgehead atoms. The number of halogens is 1. The molecule has 2 rings (SSSR count). The van der Waals surface area contributed by atoms with Gasteiger partial charge in [0.1, 0.15) is 5.82 Å². The second kappa shape index (κ2) is 5.38. The molecule has 0 amide bonds. The van der Waals surface area contributed by atoms with Crippen LogP contribution in [-0.4, -0.2) is 42.2 Å². The van der Waals surface area contributed by atoms with Gasteiger partial charge in [0.25, 0.3) is 0 Å². The third kappa shape index (κ3) is 3.90. The molecule has 0 aliphatic carbocycles. The van der Waals surface area contributed by atoms with Gasteiger partial charge < -0.3 is 10.4 Å². The van der Waals surface area contributed by atoms with Crippen LogP contribution in [0.25, 0.3) is 0 Å². The van der Waals surface area contributed by atoms with Crippen LogP contribution in [-0.2, 0) is 9.84 Å². The lowest BCUT2D eigenvalue weighted by atomic mass is 9.97. The highest BCUT2D eigenvalue weighted by atomic mass is 79.9. The van der Waals surface area contributed by atoms with E-state index in [1.807, 2.05) is 13.0 Å². The summed E-state index contributed by atoms with van der Waals surface area (Å²) in [5.74, 6) is 0.790. The summed E-state index contributed by atoms with van der Waals surface area (Å²) in [6.07, 6.45) is 2.25. The van der Waals surface area contributed by atoms with Crippen LogP contribution in [0.15, 0.2) is 16.7 Å². The fourth-order valence-corrected chi connectivity index (χ4v) is 3.79. The molecule has 1 aromatic heterocycles. The Morgan fingerprint density at radius 1 is 1.47 bits per heavy atom. The number of anilines is 1. The first-order valence-corrected chi connectivity index (χ1v) is 8.70. The predicted molar refractivity (Wildman–Crippen MR) is 78.0 cm³/mol. The number of rotatable bonds is 3. The van der Waals surface area contributed by atoms with E-state index < -0.39 is 15.4 Å². The van der Waals surface area contributed by atoms with E-state index in [2.05, 4.69) is 26.2 Å². The summed E-state index contributed by atoms with van der Waals surface area (Å²) in [7, 11) is -2.96. The van der Waals surface area contributed by atoms with Gasteiger partial charge in [-0.2, -0.15) is 0 Å². The number of sulfone groups is 1. The number of aryl methyl sites for hydroxylation is 1. The molecule has 1 fully saturated rings. The minimum atomic E-state index is -2.96. The van der Waals surface area contributed by atoms with E-state index in [9.17, 15) is 13.5 Å². The Morgan fingerprint density at radius 2 is 2.11 bits per heavy atom. The number of hydrogen-bond acceptors (Lipinski definition) is 5. The highest BCUT2D eigenvalue weighted by Gasteiger charge is 2.35. The van der Waals surface area contributed by atoms with Crippen LogP contribution >= 0.6 is 15.9 Å². The molecule has 1 aromatic rings. The van der Waals surface area contributed by atoms with Crippen LogP contribution in [0, 0.1) is 6.92 Å². The Kier molecular flexibility index (Phi) is 4.17. The molecule has 1 saturated heterocycles. The van der Waals surface area contributed by atoms with Crippen molar-refractivity contribution in [3.05, 3.63) is 22.3 Å². The second-order valence-electron chi connectivity index (χ2n) is 5.05. The number of nitrogens with zero attached hydrogens (tertiary/aromatic N) is 1. The maximum atomic E-state index is 11.3. The smallest absolute Gasteiger partial charge is 0.150 e. The number of pyridine rings is 1. The molecule has 1 aliphatic heterocycles. The molecule has 0 radical (unpaired) electrons. The van der Waals surface area contributed by atoms with Gasteiger partial charge in [-0.15, -0.1) is 0 Å². The number of nitrogens with one attached hydrogen (secondary N) is 1. The van der Waals surface area contributed by atoms with Gasteiger partial charge in [0, 0.05) is 17.2 Å². The first-order chi connectivity index (χ1) is 8.80. The maximum Gasteiger partial charge on any atom is 0.150 e. The van der Waals surface area contributed by atoms with Gasteiger partial charge >= 0.3 is 0 Å². The van der Waals surface area contributed by atoms with E-state index in [-0.39, 0.29) is 24.3 Å². The van der Waals surface area contributed by atoms with Gasteiger partial charge in [-0.3, -0.25) is 0 Å². The van der Waals surface area contributed by atoms with Crippen LogP contribution in [0.5, 0.6) is 0 Å². The zero-order valence-corrected chi connectivity index (χ0v) is 13.1. The number of aliphatic hydroxyl groups is 1. The highest BCUT2D eigenvalue weighted by molar-refractivity contribution is 9.10. The average Bonchev–Trinajstić information content (AvgIpc) is 2.36. The quantitative estimate of drug-likeness (QED) is 0.865. The van der Waals surface area contributed by atoms with Crippen LogP contribution in [0.1, 0.15) is 18.4 Å². The molecule has 0 saturated carbocycles. The summed E-state index contributed by atoms with van der Waals surface area (Å²) in [5.41, 5.74) is 0.0873. The minimum Gasteiger partial charge on any atom is -0.388 e.